The van der Waals surface area contributed by atoms with E-state index >= 15 is 0 Å². The third-order valence-electron chi connectivity index (χ3n) is 5.84. The molecule has 0 bridgehead atoms. The molecule has 0 saturated carbocycles. The van der Waals surface area contributed by atoms with Crippen LogP contribution in [0.5, 0.6) is 11.5 Å². The number of hydrogen-bond donors (Lipinski definition) is 1. The molecule has 8 nitrogen and oxygen atoms in total. The minimum absolute atomic E-state index is 0.113. The van der Waals surface area contributed by atoms with E-state index in [2.05, 4.69) is 32.9 Å². The summed E-state index contributed by atoms with van der Waals surface area (Å²) in [6, 6.07) is 17.6. The fourth-order valence-corrected chi connectivity index (χ4v) is 4.24. The van der Waals surface area contributed by atoms with Gasteiger partial charge in [-0.25, -0.2) is 9.78 Å². The van der Waals surface area contributed by atoms with Crippen molar-refractivity contribution < 1.29 is 14.3 Å². The van der Waals surface area contributed by atoms with Crippen molar-refractivity contribution in [1.29, 1.82) is 0 Å². The number of piperazine rings is 1. The Kier molecular flexibility index (Phi) is 4.09. The van der Waals surface area contributed by atoms with Crippen LogP contribution in [0.25, 0.3) is 16.6 Å². The Morgan fingerprint density at radius 3 is 2.61 bits per heavy atom. The number of benzene rings is 2. The van der Waals surface area contributed by atoms with E-state index < -0.39 is 0 Å². The molecule has 0 radical (unpaired) electrons. The van der Waals surface area contributed by atoms with Gasteiger partial charge in [-0.2, -0.15) is 0 Å². The topological polar surface area (TPSA) is 71.3 Å². The maximum atomic E-state index is 12.8. The van der Waals surface area contributed by atoms with Crippen LogP contribution in [-0.4, -0.2) is 53.3 Å². The van der Waals surface area contributed by atoms with Crippen LogP contribution in [0, 0.1) is 0 Å². The lowest BCUT2D eigenvalue weighted by atomic mass is 10.2. The normalized spacial score (nSPS) is 15.6. The average molecular weight is 415 g/mol. The zero-order valence-corrected chi connectivity index (χ0v) is 16.8. The smallest absolute Gasteiger partial charge is 0.321 e. The Bertz CT molecular complexity index is 1290. The van der Waals surface area contributed by atoms with Crippen LogP contribution in [0.15, 0.2) is 60.8 Å². The van der Waals surface area contributed by atoms with Crippen molar-refractivity contribution in [2.24, 2.45) is 0 Å². The first kappa shape index (κ1) is 17.9. The molecular formula is C23H21N5O3. The number of aromatic nitrogens is 2. The van der Waals surface area contributed by atoms with Crippen LogP contribution in [0.3, 0.4) is 0 Å². The molecule has 6 rings (SSSR count). The summed E-state index contributed by atoms with van der Waals surface area (Å²) in [5, 5.41) is 2.96. The van der Waals surface area contributed by atoms with E-state index in [0.29, 0.717) is 30.3 Å². The fraction of sp³-hybridized carbons (Fsp3) is 0.217. The summed E-state index contributed by atoms with van der Waals surface area (Å²) in [5.41, 5.74) is 3.83. The highest BCUT2D eigenvalue weighted by atomic mass is 16.7. The van der Waals surface area contributed by atoms with Gasteiger partial charge >= 0.3 is 6.03 Å². The average Bonchev–Trinajstić information content (AvgIpc) is 3.48. The number of amides is 2. The molecule has 0 aliphatic carbocycles. The Hall–Kier alpha value is -3.94. The SMILES string of the molecule is O=C(Nc1ccc2c(c1)OCO2)N1CCN(c2nc3ccccc3n3cccc23)CC1. The van der Waals surface area contributed by atoms with E-state index in [1.54, 1.807) is 6.07 Å². The Labute approximate surface area is 178 Å². The Balaban J connectivity index is 1.18. The number of fused-ring (bicyclic) bond motifs is 4. The van der Waals surface area contributed by atoms with Gasteiger partial charge in [-0.15, -0.1) is 0 Å². The summed E-state index contributed by atoms with van der Waals surface area (Å²) in [7, 11) is 0. The van der Waals surface area contributed by atoms with Gasteiger partial charge in [-0.3, -0.25) is 0 Å². The molecule has 1 N–H and O–H groups in total. The van der Waals surface area contributed by atoms with Crippen LogP contribution in [0.2, 0.25) is 0 Å². The lowest BCUT2D eigenvalue weighted by Gasteiger charge is -2.35. The van der Waals surface area contributed by atoms with Crippen molar-refractivity contribution in [3.8, 4) is 11.5 Å². The molecule has 4 heterocycles. The van der Waals surface area contributed by atoms with Crippen LogP contribution < -0.4 is 19.7 Å². The van der Waals surface area contributed by atoms with Gasteiger partial charge in [-0.1, -0.05) is 12.1 Å². The molecule has 1 saturated heterocycles. The molecule has 2 aliphatic rings. The molecule has 4 aromatic rings. The molecule has 0 atom stereocenters. The molecule has 0 spiro atoms. The second-order valence-electron chi connectivity index (χ2n) is 7.66. The first-order valence-corrected chi connectivity index (χ1v) is 10.3. The van der Waals surface area contributed by atoms with Crippen LogP contribution in [-0.2, 0) is 0 Å². The number of rotatable bonds is 2. The van der Waals surface area contributed by atoms with Gasteiger partial charge in [0.25, 0.3) is 0 Å². The standard InChI is InChI=1S/C23H21N5O3/c29-23(24-16-7-8-20-21(14-16)31-15-30-20)27-12-10-26(11-13-27)22-19-6-3-9-28(19)18-5-2-1-4-17(18)25-22/h1-9,14H,10-13,15H2,(H,24,29). The zero-order valence-electron chi connectivity index (χ0n) is 16.8. The second kappa shape index (κ2) is 7.09. The minimum atomic E-state index is -0.113. The van der Waals surface area contributed by atoms with Gasteiger partial charge in [0, 0.05) is 44.1 Å². The number of nitrogens with zero attached hydrogens (tertiary/aromatic N) is 4. The molecule has 1 fully saturated rings. The van der Waals surface area contributed by atoms with E-state index in [1.165, 1.54) is 0 Å². The van der Waals surface area contributed by atoms with Crippen molar-refractivity contribution in [2.45, 2.75) is 0 Å². The second-order valence-corrected chi connectivity index (χ2v) is 7.66. The highest BCUT2D eigenvalue weighted by molar-refractivity contribution is 5.90. The summed E-state index contributed by atoms with van der Waals surface area (Å²) in [5.74, 6) is 2.31. The van der Waals surface area contributed by atoms with Crippen LogP contribution >= 0.6 is 0 Å². The van der Waals surface area contributed by atoms with Gasteiger partial charge in [-0.05, 0) is 36.4 Å². The first-order valence-electron chi connectivity index (χ1n) is 10.3. The van der Waals surface area contributed by atoms with Crippen molar-refractivity contribution in [3.63, 3.8) is 0 Å². The molecule has 0 unspecified atom stereocenters. The number of anilines is 2. The van der Waals surface area contributed by atoms with Crippen LogP contribution in [0.4, 0.5) is 16.3 Å². The molecule has 31 heavy (non-hydrogen) atoms. The van der Waals surface area contributed by atoms with E-state index in [1.807, 2.05) is 41.3 Å². The summed E-state index contributed by atoms with van der Waals surface area (Å²) in [6.07, 6.45) is 2.07. The third kappa shape index (κ3) is 3.07. The maximum absolute atomic E-state index is 12.8. The number of urea groups is 1. The highest BCUT2D eigenvalue weighted by Crippen LogP contribution is 2.34. The number of carbonyl (C=O) groups excluding carboxylic acids is 1. The fourth-order valence-electron chi connectivity index (χ4n) is 4.24. The van der Waals surface area contributed by atoms with E-state index in [-0.39, 0.29) is 12.8 Å². The predicted molar refractivity (Wildman–Crippen MR) is 118 cm³/mol. The minimum Gasteiger partial charge on any atom is -0.454 e. The maximum Gasteiger partial charge on any atom is 0.321 e. The Morgan fingerprint density at radius 1 is 0.903 bits per heavy atom. The van der Waals surface area contributed by atoms with Gasteiger partial charge in [0.2, 0.25) is 6.79 Å². The molecule has 2 amide bonds. The lowest BCUT2D eigenvalue weighted by molar-refractivity contribution is 0.174. The van der Waals surface area contributed by atoms with Gasteiger partial charge in [0.1, 0.15) is 0 Å². The monoisotopic (exact) mass is 415 g/mol. The van der Waals surface area contributed by atoms with E-state index in [9.17, 15) is 4.79 Å². The molecule has 2 aromatic heterocycles. The van der Waals surface area contributed by atoms with Gasteiger partial charge in [0.15, 0.2) is 17.3 Å². The van der Waals surface area contributed by atoms with Crippen molar-refractivity contribution >= 4 is 34.1 Å². The summed E-state index contributed by atoms with van der Waals surface area (Å²) in [6.45, 7) is 2.91. The van der Waals surface area contributed by atoms with Gasteiger partial charge < -0.3 is 29.0 Å². The van der Waals surface area contributed by atoms with Crippen molar-refractivity contribution in [3.05, 3.63) is 60.8 Å². The lowest BCUT2D eigenvalue weighted by Crippen LogP contribution is -2.50. The zero-order chi connectivity index (χ0) is 20.8. The predicted octanol–water partition coefficient (Wildman–Crippen LogP) is 3.57. The summed E-state index contributed by atoms with van der Waals surface area (Å²) < 4.78 is 12.9. The number of nitrogens with one attached hydrogen (secondary N) is 1. The highest BCUT2D eigenvalue weighted by Gasteiger charge is 2.24. The Morgan fingerprint density at radius 2 is 1.71 bits per heavy atom. The number of hydrogen-bond acceptors (Lipinski definition) is 5. The van der Waals surface area contributed by atoms with Gasteiger partial charge in [0.05, 0.1) is 16.6 Å². The van der Waals surface area contributed by atoms with Crippen molar-refractivity contribution in [2.75, 3.05) is 43.2 Å². The quantitative estimate of drug-likeness (QED) is 0.542. The number of carbonyl (C=O) groups is 1. The molecule has 8 heteroatoms. The molecule has 2 aromatic carbocycles. The molecular weight excluding hydrogens is 394 g/mol. The number of ether oxygens (including phenoxy) is 2. The third-order valence-corrected chi connectivity index (χ3v) is 5.84. The first-order chi connectivity index (χ1) is 15.3. The van der Waals surface area contributed by atoms with Crippen LogP contribution in [0.1, 0.15) is 0 Å². The summed E-state index contributed by atoms with van der Waals surface area (Å²) in [4.78, 5) is 21.8. The molecule has 156 valence electrons. The largest absolute Gasteiger partial charge is 0.454 e. The summed E-state index contributed by atoms with van der Waals surface area (Å²) >= 11 is 0. The van der Waals surface area contributed by atoms with E-state index in [4.69, 9.17) is 14.5 Å². The molecule has 2 aliphatic heterocycles. The van der Waals surface area contributed by atoms with Crippen molar-refractivity contribution in [1.82, 2.24) is 14.3 Å². The number of para-hydroxylation sites is 2. The van der Waals surface area contributed by atoms with E-state index in [0.717, 1.165) is 35.5 Å².